The molecule has 0 bridgehead atoms. The average Bonchev–Trinajstić information content (AvgIpc) is 2.24. The SMILES string of the molecule is CCCC(COC)Nc1nc(Cl)ncc1Cl. The quantitative estimate of drug-likeness (QED) is 0.802. The third-order valence-corrected chi connectivity index (χ3v) is 2.52. The first kappa shape index (κ1) is 13.5. The summed E-state index contributed by atoms with van der Waals surface area (Å²) < 4.78 is 5.12. The van der Waals surface area contributed by atoms with Crippen molar-refractivity contribution in [1.82, 2.24) is 9.97 Å². The van der Waals surface area contributed by atoms with Crippen molar-refractivity contribution in [1.29, 1.82) is 0 Å². The van der Waals surface area contributed by atoms with Crippen molar-refractivity contribution >= 4 is 29.0 Å². The fraction of sp³-hybridized carbons (Fsp3) is 0.600. The maximum atomic E-state index is 5.95. The van der Waals surface area contributed by atoms with Crippen LogP contribution in [0.1, 0.15) is 19.8 Å². The number of ether oxygens (including phenoxy) is 1. The molecule has 1 atom stereocenters. The molecule has 1 unspecified atom stereocenters. The van der Waals surface area contributed by atoms with E-state index in [1.807, 2.05) is 0 Å². The van der Waals surface area contributed by atoms with Crippen LogP contribution in [0.2, 0.25) is 10.3 Å². The molecule has 1 heterocycles. The number of halogens is 2. The first-order chi connectivity index (χ1) is 7.67. The highest BCUT2D eigenvalue weighted by Gasteiger charge is 2.11. The molecule has 0 aliphatic carbocycles. The molecule has 6 heteroatoms. The zero-order valence-electron chi connectivity index (χ0n) is 9.33. The third kappa shape index (κ3) is 4.12. The number of rotatable bonds is 6. The number of methoxy groups -OCH3 is 1. The molecular formula is C10H15Cl2N3O. The Morgan fingerprint density at radius 1 is 1.50 bits per heavy atom. The molecule has 0 radical (unpaired) electrons. The molecule has 90 valence electrons. The molecule has 4 nitrogen and oxygen atoms in total. The van der Waals surface area contributed by atoms with Crippen LogP contribution in [0, 0.1) is 0 Å². The lowest BCUT2D eigenvalue weighted by Crippen LogP contribution is -2.25. The van der Waals surface area contributed by atoms with E-state index < -0.39 is 0 Å². The van der Waals surface area contributed by atoms with E-state index in [1.54, 1.807) is 7.11 Å². The first-order valence-electron chi connectivity index (χ1n) is 5.10. The topological polar surface area (TPSA) is 47.0 Å². The molecule has 0 amide bonds. The Bertz CT molecular complexity index is 330. The van der Waals surface area contributed by atoms with Gasteiger partial charge in [0.15, 0.2) is 0 Å². The van der Waals surface area contributed by atoms with Crippen molar-refractivity contribution in [2.45, 2.75) is 25.8 Å². The van der Waals surface area contributed by atoms with Gasteiger partial charge in [-0.15, -0.1) is 0 Å². The maximum Gasteiger partial charge on any atom is 0.224 e. The van der Waals surface area contributed by atoms with Gasteiger partial charge in [0.25, 0.3) is 0 Å². The van der Waals surface area contributed by atoms with Gasteiger partial charge in [0.1, 0.15) is 10.8 Å². The zero-order chi connectivity index (χ0) is 12.0. The second-order valence-electron chi connectivity index (χ2n) is 3.42. The van der Waals surface area contributed by atoms with Gasteiger partial charge in [0.2, 0.25) is 5.28 Å². The summed E-state index contributed by atoms with van der Waals surface area (Å²) in [6, 6.07) is 0.179. The van der Waals surface area contributed by atoms with Crippen LogP contribution in [-0.4, -0.2) is 29.7 Å². The largest absolute Gasteiger partial charge is 0.383 e. The number of hydrogen-bond acceptors (Lipinski definition) is 4. The van der Waals surface area contributed by atoms with E-state index in [-0.39, 0.29) is 11.3 Å². The minimum atomic E-state index is 0.179. The van der Waals surface area contributed by atoms with Gasteiger partial charge in [0, 0.05) is 7.11 Å². The van der Waals surface area contributed by atoms with E-state index >= 15 is 0 Å². The van der Waals surface area contributed by atoms with Gasteiger partial charge in [-0.25, -0.2) is 4.98 Å². The number of anilines is 1. The highest BCUT2D eigenvalue weighted by Crippen LogP contribution is 2.20. The molecule has 0 aliphatic heterocycles. The normalized spacial score (nSPS) is 12.5. The lowest BCUT2D eigenvalue weighted by atomic mass is 10.2. The molecule has 1 aromatic heterocycles. The molecule has 0 fully saturated rings. The third-order valence-electron chi connectivity index (χ3n) is 2.06. The van der Waals surface area contributed by atoms with Crippen LogP contribution < -0.4 is 5.32 Å². The van der Waals surface area contributed by atoms with Gasteiger partial charge in [-0.2, -0.15) is 4.98 Å². The van der Waals surface area contributed by atoms with Gasteiger partial charge in [-0.1, -0.05) is 24.9 Å². The lowest BCUT2D eigenvalue weighted by Gasteiger charge is -2.18. The van der Waals surface area contributed by atoms with Crippen LogP contribution in [0.25, 0.3) is 0 Å². The Morgan fingerprint density at radius 2 is 2.25 bits per heavy atom. The summed E-state index contributed by atoms with van der Waals surface area (Å²) in [5.74, 6) is 0.553. The molecule has 1 aromatic rings. The Morgan fingerprint density at radius 3 is 2.88 bits per heavy atom. The van der Waals surface area contributed by atoms with Crippen LogP contribution in [-0.2, 0) is 4.74 Å². The summed E-state index contributed by atoms with van der Waals surface area (Å²) in [5, 5.41) is 3.84. The standard InChI is InChI=1S/C10H15Cl2N3O/c1-3-4-7(6-16-2)14-9-8(11)5-13-10(12)15-9/h5,7H,3-4,6H2,1-2H3,(H,13,14,15). The Labute approximate surface area is 105 Å². The molecule has 0 saturated heterocycles. The van der Waals surface area contributed by atoms with Crippen molar-refractivity contribution in [3.8, 4) is 0 Å². The predicted molar refractivity (Wildman–Crippen MR) is 66.2 cm³/mol. The summed E-state index contributed by atoms with van der Waals surface area (Å²) >= 11 is 11.7. The molecule has 16 heavy (non-hydrogen) atoms. The minimum absolute atomic E-state index is 0.179. The van der Waals surface area contributed by atoms with Crippen molar-refractivity contribution in [3.63, 3.8) is 0 Å². The molecule has 0 saturated carbocycles. The van der Waals surface area contributed by atoms with Crippen molar-refractivity contribution in [2.75, 3.05) is 19.0 Å². The minimum Gasteiger partial charge on any atom is -0.383 e. The summed E-state index contributed by atoms with van der Waals surface area (Å²) in [6.07, 6.45) is 3.51. The molecule has 1 N–H and O–H groups in total. The van der Waals surface area contributed by atoms with Crippen molar-refractivity contribution < 1.29 is 4.74 Å². The summed E-state index contributed by atoms with van der Waals surface area (Å²) in [7, 11) is 1.67. The fourth-order valence-corrected chi connectivity index (χ4v) is 1.67. The second-order valence-corrected chi connectivity index (χ2v) is 4.17. The molecule has 1 rings (SSSR count). The van der Waals surface area contributed by atoms with Gasteiger partial charge in [0.05, 0.1) is 18.8 Å². The van der Waals surface area contributed by atoms with E-state index in [2.05, 4.69) is 22.2 Å². The zero-order valence-corrected chi connectivity index (χ0v) is 10.8. The highest BCUT2D eigenvalue weighted by molar-refractivity contribution is 6.33. The van der Waals surface area contributed by atoms with Crippen LogP contribution in [0.3, 0.4) is 0 Å². The maximum absolute atomic E-state index is 5.95. The second kappa shape index (κ2) is 6.89. The lowest BCUT2D eigenvalue weighted by molar-refractivity contribution is 0.182. The van der Waals surface area contributed by atoms with Gasteiger partial charge >= 0.3 is 0 Å². The number of nitrogens with one attached hydrogen (secondary N) is 1. The van der Waals surface area contributed by atoms with Gasteiger partial charge in [-0.3, -0.25) is 0 Å². The number of nitrogens with zero attached hydrogens (tertiary/aromatic N) is 2. The van der Waals surface area contributed by atoms with E-state index in [0.29, 0.717) is 17.4 Å². The predicted octanol–water partition coefficient (Wildman–Crippen LogP) is 3.01. The van der Waals surface area contributed by atoms with Crippen LogP contribution in [0.5, 0.6) is 0 Å². The number of aromatic nitrogens is 2. The highest BCUT2D eigenvalue weighted by atomic mass is 35.5. The molecule has 0 spiro atoms. The van der Waals surface area contributed by atoms with Crippen LogP contribution in [0.4, 0.5) is 5.82 Å². The van der Waals surface area contributed by atoms with E-state index in [9.17, 15) is 0 Å². The monoisotopic (exact) mass is 263 g/mol. The first-order valence-corrected chi connectivity index (χ1v) is 5.86. The van der Waals surface area contributed by atoms with Gasteiger partial charge < -0.3 is 10.1 Å². The van der Waals surface area contributed by atoms with E-state index in [0.717, 1.165) is 12.8 Å². The van der Waals surface area contributed by atoms with Gasteiger partial charge in [-0.05, 0) is 18.0 Å². The Hall–Kier alpha value is -0.580. The fourth-order valence-electron chi connectivity index (χ4n) is 1.39. The van der Waals surface area contributed by atoms with E-state index in [4.69, 9.17) is 27.9 Å². The molecular weight excluding hydrogens is 249 g/mol. The summed E-state index contributed by atoms with van der Waals surface area (Å²) in [5.41, 5.74) is 0. The Balaban J connectivity index is 2.71. The molecule has 0 aromatic carbocycles. The smallest absolute Gasteiger partial charge is 0.224 e. The Kier molecular flexibility index (Phi) is 5.80. The van der Waals surface area contributed by atoms with Crippen molar-refractivity contribution in [3.05, 3.63) is 16.5 Å². The number of hydrogen-bond donors (Lipinski definition) is 1. The van der Waals surface area contributed by atoms with Crippen molar-refractivity contribution in [2.24, 2.45) is 0 Å². The average molecular weight is 264 g/mol. The molecule has 0 aliphatic rings. The summed E-state index contributed by atoms with van der Waals surface area (Å²) in [6.45, 7) is 2.71. The summed E-state index contributed by atoms with van der Waals surface area (Å²) in [4.78, 5) is 7.82. The van der Waals surface area contributed by atoms with Crippen LogP contribution >= 0.6 is 23.2 Å². The van der Waals surface area contributed by atoms with Crippen LogP contribution in [0.15, 0.2) is 6.20 Å². The van der Waals surface area contributed by atoms with E-state index in [1.165, 1.54) is 6.20 Å².